The molecule has 1 atom stereocenters. The van der Waals surface area contributed by atoms with Crippen LogP contribution in [0.2, 0.25) is 0 Å². The molecule has 0 aliphatic carbocycles. The molecule has 4 aromatic carbocycles. The Morgan fingerprint density at radius 3 is 2.14 bits per heavy atom. The van der Waals surface area contributed by atoms with Crippen LogP contribution < -0.4 is 14.8 Å². The molecule has 0 radical (unpaired) electrons. The molecule has 212 valence electrons. The van der Waals surface area contributed by atoms with Crippen molar-refractivity contribution in [2.75, 3.05) is 23.7 Å². The summed E-state index contributed by atoms with van der Waals surface area (Å²) in [6.07, 6.45) is 0. The second-order valence-corrected chi connectivity index (χ2v) is 11.4. The monoisotopic (exact) mass is 576 g/mol. The van der Waals surface area contributed by atoms with Gasteiger partial charge in [-0.1, -0.05) is 80.6 Å². The summed E-state index contributed by atoms with van der Waals surface area (Å²) in [6.45, 7) is 6.43. The van der Waals surface area contributed by atoms with Gasteiger partial charge in [0.05, 0.1) is 30.8 Å². The summed E-state index contributed by atoms with van der Waals surface area (Å²) in [5.41, 5.74) is 6.67. The van der Waals surface area contributed by atoms with E-state index < -0.39 is 11.0 Å². The van der Waals surface area contributed by atoms with Gasteiger partial charge in [0, 0.05) is 16.7 Å². The Morgan fingerprint density at radius 2 is 1.48 bits per heavy atom. The maximum atomic E-state index is 13.2. The summed E-state index contributed by atoms with van der Waals surface area (Å²) < 4.78 is 10.9. The molecule has 0 fully saturated rings. The van der Waals surface area contributed by atoms with Crippen molar-refractivity contribution in [3.8, 4) is 5.75 Å². The average molecular weight is 577 g/mol. The highest BCUT2D eigenvalue weighted by molar-refractivity contribution is 8.16. The fourth-order valence-corrected chi connectivity index (χ4v) is 6.53. The van der Waals surface area contributed by atoms with Crippen molar-refractivity contribution in [2.45, 2.75) is 31.7 Å². The predicted molar refractivity (Wildman–Crippen MR) is 170 cm³/mol. The smallest absolute Gasteiger partial charge is 0.365 e. The molecule has 0 amide bonds. The summed E-state index contributed by atoms with van der Waals surface area (Å²) >= 11 is 1.33. The van der Waals surface area contributed by atoms with E-state index in [0.29, 0.717) is 5.92 Å². The van der Waals surface area contributed by atoms with E-state index in [1.54, 1.807) is 14.0 Å². The molecule has 0 bridgehead atoms. The van der Waals surface area contributed by atoms with Gasteiger partial charge in [-0.3, -0.25) is 0 Å². The average Bonchev–Trinajstić information content (AvgIpc) is 3.43. The predicted octanol–water partition coefficient (Wildman–Crippen LogP) is 7.33. The number of hydrogen-bond acceptors (Lipinski definition) is 8. The molecule has 6 rings (SSSR count). The van der Waals surface area contributed by atoms with Crippen molar-refractivity contribution in [3.05, 3.63) is 125 Å². The van der Waals surface area contributed by atoms with Crippen LogP contribution in [-0.2, 0) is 14.5 Å². The third-order valence-corrected chi connectivity index (χ3v) is 8.65. The van der Waals surface area contributed by atoms with E-state index in [1.165, 1.54) is 17.3 Å². The molecular weight excluding hydrogens is 544 g/mol. The van der Waals surface area contributed by atoms with E-state index in [2.05, 4.69) is 50.2 Å². The summed E-state index contributed by atoms with van der Waals surface area (Å²) in [7, 11) is 1.64. The lowest BCUT2D eigenvalue weighted by Gasteiger charge is -2.47. The Hall–Kier alpha value is -4.56. The van der Waals surface area contributed by atoms with Crippen LogP contribution in [0.25, 0.3) is 0 Å². The van der Waals surface area contributed by atoms with Crippen molar-refractivity contribution in [2.24, 2.45) is 10.2 Å². The van der Waals surface area contributed by atoms with Crippen LogP contribution in [0.3, 0.4) is 0 Å². The first-order valence-electron chi connectivity index (χ1n) is 14.0. The van der Waals surface area contributed by atoms with E-state index in [4.69, 9.17) is 19.7 Å². The van der Waals surface area contributed by atoms with E-state index >= 15 is 0 Å². The number of nitrogens with zero attached hydrogens (tertiary/aromatic N) is 4. The number of thioether (sulfide) groups is 1. The van der Waals surface area contributed by atoms with Gasteiger partial charge >= 0.3 is 5.97 Å². The van der Waals surface area contributed by atoms with Gasteiger partial charge in [-0.2, -0.15) is 10.2 Å². The number of fused-ring (bicyclic) bond motifs is 2. The standard InChI is InChI=1S/C34H32N4O3S/c1-5-41-33(39)32-36-38(27-19-21-28(40-4)22-20-27)34(42-32)30-14-10-9-13-29(30)31(25-17-15-24(16-18-25)23(2)3)35-37(34)26-11-7-6-8-12-26/h6-23H,5H2,1-4H3/t34-/m1/s1. The number of rotatable bonds is 7. The second kappa shape index (κ2) is 11.4. The molecule has 7 nitrogen and oxygen atoms in total. The lowest BCUT2D eigenvalue weighted by atomic mass is 9.92. The number of esters is 1. The van der Waals surface area contributed by atoms with Crippen molar-refractivity contribution < 1.29 is 14.3 Å². The summed E-state index contributed by atoms with van der Waals surface area (Å²) in [6, 6.07) is 34.5. The first-order chi connectivity index (χ1) is 20.5. The van der Waals surface area contributed by atoms with Gasteiger partial charge in [0.15, 0.2) is 0 Å². The van der Waals surface area contributed by atoms with E-state index in [9.17, 15) is 4.79 Å². The van der Waals surface area contributed by atoms with Crippen LogP contribution in [0.15, 0.2) is 113 Å². The number of ether oxygens (including phenoxy) is 2. The zero-order chi connectivity index (χ0) is 29.3. The van der Waals surface area contributed by atoms with Crippen molar-refractivity contribution >= 4 is 39.9 Å². The molecule has 2 heterocycles. The minimum Gasteiger partial charge on any atom is -0.497 e. The minimum absolute atomic E-state index is 0.252. The first-order valence-corrected chi connectivity index (χ1v) is 14.8. The molecule has 0 unspecified atom stereocenters. The topological polar surface area (TPSA) is 66.7 Å². The quantitative estimate of drug-likeness (QED) is 0.215. The Balaban J connectivity index is 1.60. The fraction of sp³-hybridized carbons (Fsp3) is 0.206. The summed E-state index contributed by atoms with van der Waals surface area (Å²) in [5.74, 6) is 0.681. The molecule has 4 aromatic rings. The molecule has 2 aliphatic heterocycles. The van der Waals surface area contributed by atoms with Crippen LogP contribution in [-0.4, -0.2) is 30.4 Å². The molecule has 2 aliphatic rings. The van der Waals surface area contributed by atoms with E-state index in [-0.39, 0.29) is 11.7 Å². The third-order valence-electron chi connectivity index (χ3n) is 7.36. The van der Waals surface area contributed by atoms with Gasteiger partial charge in [0.25, 0.3) is 0 Å². The summed E-state index contributed by atoms with van der Waals surface area (Å²) in [4.78, 5) is 12.1. The van der Waals surface area contributed by atoms with Gasteiger partial charge in [-0.05, 0) is 66.6 Å². The molecule has 1 spiro atoms. The molecule has 42 heavy (non-hydrogen) atoms. The van der Waals surface area contributed by atoms with E-state index in [0.717, 1.165) is 39.5 Å². The normalized spacial score (nSPS) is 17.6. The summed E-state index contributed by atoms with van der Waals surface area (Å²) in [5, 5.41) is 14.4. The Kier molecular flexibility index (Phi) is 7.47. The van der Waals surface area contributed by atoms with Gasteiger partial charge in [-0.15, -0.1) is 0 Å². The Bertz CT molecular complexity index is 1650. The number of hydrazone groups is 2. The first kappa shape index (κ1) is 27.6. The number of carbonyl (C=O) groups excluding carboxylic acids is 1. The minimum atomic E-state index is -1.06. The fourth-order valence-electron chi connectivity index (χ4n) is 5.24. The number of carbonyl (C=O) groups is 1. The molecule has 0 saturated heterocycles. The zero-order valence-corrected chi connectivity index (χ0v) is 24.8. The lowest BCUT2D eigenvalue weighted by molar-refractivity contribution is -0.134. The zero-order valence-electron chi connectivity index (χ0n) is 24.0. The van der Waals surface area contributed by atoms with Crippen LogP contribution in [0, 0.1) is 0 Å². The Labute approximate surface area is 250 Å². The third kappa shape index (κ3) is 4.71. The molecular formula is C34H32N4O3S. The van der Waals surface area contributed by atoms with Crippen LogP contribution in [0.5, 0.6) is 5.75 Å². The van der Waals surface area contributed by atoms with Crippen molar-refractivity contribution in [3.63, 3.8) is 0 Å². The highest BCUT2D eigenvalue weighted by Gasteiger charge is 2.56. The Morgan fingerprint density at radius 1 is 0.833 bits per heavy atom. The van der Waals surface area contributed by atoms with Crippen LogP contribution >= 0.6 is 11.8 Å². The number of anilines is 2. The maximum absolute atomic E-state index is 13.2. The molecule has 0 aromatic heterocycles. The number of para-hydroxylation sites is 1. The molecule has 0 N–H and O–H groups in total. The lowest BCUT2D eigenvalue weighted by Crippen LogP contribution is -2.54. The molecule has 0 saturated carbocycles. The van der Waals surface area contributed by atoms with Gasteiger partial charge < -0.3 is 9.47 Å². The van der Waals surface area contributed by atoms with Gasteiger partial charge in [0.2, 0.25) is 10.0 Å². The highest BCUT2D eigenvalue weighted by atomic mass is 32.2. The SMILES string of the molecule is CCOC(=O)C1=NN(c2ccc(OC)cc2)[C@@]2(S1)c1ccccc1C(c1ccc(C(C)C)cc1)=NN2c1ccccc1. The van der Waals surface area contributed by atoms with Crippen molar-refractivity contribution in [1.82, 2.24) is 0 Å². The largest absolute Gasteiger partial charge is 0.497 e. The van der Waals surface area contributed by atoms with E-state index in [1.807, 2.05) is 76.7 Å². The maximum Gasteiger partial charge on any atom is 0.365 e. The van der Waals surface area contributed by atoms with Crippen LogP contribution in [0.4, 0.5) is 11.4 Å². The second-order valence-electron chi connectivity index (χ2n) is 10.3. The highest BCUT2D eigenvalue weighted by Crippen LogP contribution is 2.55. The van der Waals surface area contributed by atoms with Gasteiger partial charge in [0.1, 0.15) is 5.75 Å². The van der Waals surface area contributed by atoms with Crippen molar-refractivity contribution in [1.29, 1.82) is 0 Å². The number of benzene rings is 4. The molecule has 8 heteroatoms. The van der Waals surface area contributed by atoms with Gasteiger partial charge in [-0.25, -0.2) is 14.8 Å². The number of methoxy groups -OCH3 is 1. The van der Waals surface area contributed by atoms with Crippen LogP contribution in [0.1, 0.15) is 48.9 Å². The number of hydrogen-bond donors (Lipinski definition) is 0.